The van der Waals surface area contributed by atoms with E-state index in [1.54, 1.807) is 0 Å². The molecule has 0 saturated heterocycles. The van der Waals surface area contributed by atoms with Gasteiger partial charge >= 0.3 is 0 Å². The third kappa shape index (κ3) is 2.90. The second-order valence-corrected chi connectivity index (χ2v) is 6.44. The number of nitrogens with one attached hydrogen (secondary N) is 2. The summed E-state index contributed by atoms with van der Waals surface area (Å²) in [5, 5.41) is 15.4. The van der Waals surface area contributed by atoms with Crippen molar-refractivity contribution in [3.63, 3.8) is 0 Å². The first-order chi connectivity index (χ1) is 13.1. The van der Waals surface area contributed by atoms with Crippen LogP contribution in [0.4, 0.5) is 5.69 Å². The lowest BCUT2D eigenvalue weighted by Crippen LogP contribution is -2.22. The zero-order chi connectivity index (χ0) is 19.0. The average Bonchev–Trinajstić information content (AvgIpc) is 3.16. The summed E-state index contributed by atoms with van der Waals surface area (Å²) in [5.74, 6) is -0.790. The van der Waals surface area contributed by atoms with Crippen LogP contribution in [0.15, 0.2) is 54.7 Å². The fourth-order valence-electron chi connectivity index (χ4n) is 3.51. The maximum Gasteiger partial charge on any atom is 0.259 e. The van der Waals surface area contributed by atoms with E-state index in [1.807, 2.05) is 66.3 Å². The number of para-hydroxylation sites is 1. The fourth-order valence-corrected chi connectivity index (χ4v) is 3.51. The predicted molar refractivity (Wildman–Crippen MR) is 105 cm³/mol. The molecular weight excluding hydrogens is 342 g/mol. The highest BCUT2D eigenvalue weighted by molar-refractivity contribution is 6.50. The molecule has 0 radical (unpaired) electrons. The smallest absolute Gasteiger partial charge is 0.259 e. The number of benzene rings is 2. The highest BCUT2D eigenvalue weighted by atomic mass is 16.3. The number of nitrogens with zero attached hydrogens (tertiary/aromatic N) is 1. The SMILES string of the molecule is Cn1cc(C2=C(c3cccc(NCCO)c3)C(=O)NC2=O)c2ccccc21. The number of aromatic nitrogens is 1. The molecule has 3 N–H and O–H groups in total. The minimum Gasteiger partial charge on any atom is -0.395 e. The van der Waals surface area contributed by atoms with Gasteiger partial charge in [-0.25, -0.2) is 0 Å². The molecule has 1 aliphatic heterocycles. The summed E-state index contributed by atoms with van der Waals surface area (Å²) in [4.78, 5) is 25.2. The minimum atomic E-state index is -0.401. The van der Waals surface area contributed by atoms with Gasteiger partial charge in [-0.2, -0.15) is 0 Å². The summed E-state index contributed by atoms with van der Waals surface area (Å²) in [7, 11) is 1.92. The summed E-state index contributed by atoms with van der Waals surface area (Å²) < 4.78 is 1.95. The Kier molecular flexibility index (Phi) is 4.25. The number of imide groups is 1. The fraction of sp³-hybridized carbons (Fsp3) is 0.143. The molecular formula is C21H19N3O3. The van der Waals surface area contributed by atoms with Crippen LogP contribution in [0.25, 0.3) is 22.0 Å². The second kappa shape index (κ2) is 6.74. The lowest BCUT2D eigenvalue weighted by Gasteiger charge is -2.08. The van der Waals surface area contributed by atoms with Crippen LogP contribution < -0.4 is 10.6 Å². The van der Waals surface area contributed by atoms with E-state index in [0.717, 1.165) is 22.2 Å². The minimum absolute atomic E-state index is 0.00709. The van der Waals surface area contributed by atoms with E-state index in [0.29, 0.717) is 23.3 Å². The van der Waals surface area contributed by atoms with E-state index in [9.17, 15) is 9.59 Å². The predicted octanol–water partition coefficient (Wildman–Crippen LogP) is 2.15. The molecule has 1 aromatic heterocycles. The van der Waals surface area contributed by atoms with Crippen LogP contribution in [0.5, 0.6) is 0 Å². The number of aryl methyl sites for hydroxylation is 1. The molecule has 0 unspecified atom stereocenters. The average molecular weight is 361 g/mol. The van der Waals surface area contributed by atoms with Crippen molar-refractivity contribution in [1.82, 2.24) is 9.88 Å². The number of anilines is 1. The van der Waals surface area contributed by atoms with E-state index in [1.165, 1.54) is 0 Å². The van der Waals surface area contributed by atoms with Gasteiger partial charge in [0.2, 0.25) is 0 Å². The Balaban J connectivity index is 1.92. The number of carbonyl (C=O) groups excluding carboxylic acids is 2. The third-order valence-electron chi connectivity index (χ3n) is 4.69. The number of aliphatic hydroxyl groups excluding tert-OH is 1. The zero-order valence-corrected chi connectivity index (χ0v) is 14.8. The third-order valence-corrected chi connectivity index (χ3v) is 4.69. The van der Waals surface area contributed by atoms with Crippen LogP contribution in [0, 0.1) is 0 Å². The van der Waals surface area contributed by atoms with E-state index in [2.05, 4.69) is 10.6 Å². The molecule has 3 aromatic rings. The molecule has 2 heterocycles. The van der Waals surface area contributed by atoms with Gasteiger partial charge in [-0.05, 0) is 23.8 Å². The normalized spacial score (nSPS) is 14.1. The van der Waals surface area contributed by atoms with Crippen molar-refractivity contribution < 1.29 is 14.7 Å². The molecule has 6 nitrogen and oxygen atoms in total. The van der Waals surface area contributed by atoms with Crippen LogP contribution in [-0.4, -0.2) is 34.6 Å². The second-order valence-electron chi connectivity index (χ2n) is 6.44. The number of fused-ring (bicyclic) bond motifs is 1. The van der Waals surface area contributed by atoms with Crippen molar-refractivity contribution in [3.05, 3.63) is 65.9 Å². The van der Waals surface area contributed by atoms with Gasteiger partial charge in [0.25, 0.3) is 11.8 Å². The molecule has 136 valence electrons. The summed E-state index contributed by atoms with van der Waals surface area (Å²) in [6, 6.07) is 15.1. The van der Waals surface area contributed by atoms with Gasteiger partial charge in [0.05, 0.1) is 17.8 Å². The first kappa shape index (κ1) is 17.1. The summed E-state index contributed by atoms with van der Waals surface area (Å²) >= 11 is 0. The Morgan fingerprint density at radius 2 is 1.81 bits per heavy atom. The quantitative estimate of drug-likeness (QED) is 0.608. The van der Waals surface area contributed by atoms with Crippen molar-refractivity contribution in [3.8, 4) is 0 Å². The maximum atomic E-state index is 12.6. The summed E-state index contributed by atoms with van der Waals surface area (Å²) in [5.41, 5.74) is 3.91. The van der Waals surface area contributed by atoms with Crippen molar-refractivity contribution in [2.24, 2.45) is 7.05 Å². The Bertz CT molecular complexity index is 1090. The maximum absolute atomic E-state index is 12.6. The van der Waals surface area contributed by atoms with Crippen molar-refractivity contribution in [2.75, 3.05) is 18.5 Å². The highest BCUT2D eigenvalue weighted by Crippen LogP contribution is 2.36. The molecule has 0 atom stereocenters. The molecule has 6 heteroatoms. The topological polar surface area (TPSA) is 83.4 Å². The van der Waals surface area contributed by atoms with Gasteiger partial charge < -0.3 is 15.0 Å². The van der Waals surface area contributed by atoms with Gasteiger partial charge in [-0.1, -0.05) is 30.3 Å². The van der Waals surface area contributed by atoms with Crippen LogP contribution in [0.1, 0.15) is 11.1 Å². The van der Waals surface area contributed by atoms with Crippen molar-refractivity contribution in [2.45, 2.75) is 0 Å². The Morgan fingerprint density at radius 1 is 1.04 bits per heavy atom. The number of hydrogen-bond acceptors (Lipinski definition) is 4. The number of aliphatic hydroxyl groups is 1. The molecule has 2 amide bonds. The Hall–Kier alpha value is -3.38. The van der Waals surface area contributed by atoms with Gasteiger partial charge in [-0.3, -0.25) is 14.9 Å². The Labute approximate surface area is 156 Å². The highest BCUT2D eigenvalue weighted by Gasteiger charge is 2.33. The number of hydrogen-bond donors (Lipinski definition) is 3. The molecule has 1 aliphatic rings. The number of rotatable bonds is 5. The first-order valence-electron chi connectivity index (χ1n) is 8.69. The molecule has 2 aromatic carbocycles. The lowest BCUT2D eigenvalue weighted by atomic mass is 9.95. The van der Waals surface area contributed by atoms with E-state index in [4.69, 9.17) is 5.11 Å². The Morgan fingerprint density at radius 3 is 2.63 bits per heavy atom. The van der Waals surface area contributed by atoms with Gasteiger partial charge in [-0.15, -0.1) is 0 Å². The van der Waals surface area contributed by atoms with E-state index < -0.39 is 5.91 Å². The number of carbonyl (C=O) groups is 2. The first-order valence-corrected chi connectivity index (χ1v) is 8.69. The monoisotopic (exact) mass is 361 g/mol. The number of amides is 2. The summed E-state index contributed by atoms with van der Waals surface area (Å²) in [6.07, 6.45) is 1.88. The molecule has 4 rings (SSSR count). The van der Waals surface area contributed by atoms with Gasteiger partial charge in [0, 0.05) is 41.9 Å². The van der Waals surface area contributed by atoms with Crippen LogP contribution >= 0.6 is 0 Å². The van der Waals surface area contributed by atoms with Crippen molar-refractivity contribution >= 4 is 39.6 Å². The standard InChI is InChI=1S/C21H19N3O3/c1-24-12-16(15-7-2-3-8-17(15)24)19-18(20(26)23-21(19)27)13-5-4-6-14(11-13)22-9-10-25/h2-8,11-12,22,25H,9-10H2,1H3,(H,23,26,27). The zero-order valence-electron chi connectivity index (χ0n) is 14.8. The molecule has 0 spiro atoms. The molecule has 0 aliphatic carbocycles. The van der Waals surface area contributed by atoms with Crippen LogP contribution in [0.2, 0.25) is 0 Å². The van der Waals surface area contributed by atoms with Gasteiger partial charge in [0.15, 0.2) is 0 Å². The van der Waals surface area contributed by atoms with Crippen molar-refractivity contribution in [1.29, 1.82) is 0 Å². The molecule has 0 saturated carbocycles. The van der Waals surface area contributed by atoms with Crippen LogP contribution in [-0.2, 0) is 16.6 Å². The molecule has 0 fully saturated rings. The summed E-state index contributed by atoms with van der Waals surface area (Å²) in [6.45, 7) is 0.414. The largest absolute Gasteiger partial charge is 0.395 e. The van der Waals surface area contributed by atoms with Gasteiger partial charge in [0.1, 0.15) is 0 Å². The van der Waals surface area contributed by atoms with E-state index in [-0.39, 0.29) is 12.5 Å². The van der Waals surface area contributed by atoms with E-state index >= 15 is 0 Å². The van der Waals surface area contributed by atoms with Crippen LogP contribution in [0.3, 0.4) is 0 Å². The lowest BCUT2D eigenvalue weighted by molar-refractivity contribution is -0.122. The molecule has 27 heavy (non-hydrogen) atoms. The molecule has 0 bridgehead atoms.